The van der Waals surface area contributed by atoms with Crippen molar-refractivity contribution in [3.05, 3.63) is 34.4 Å². The summed E-state index contributed by atoms with van der Waals surface area (Å²) < 4.78 is 53.5. The minimum Gasteiger partial charge on any atom is -0.481 e. The van der Waals surface area contributed by atoms with E-state index in [2.05, 4.69) is 0 Å². The van der Waals surface area contributed by atoms with Crippen LogP contribution in [0.1, 0.15) is 22.8 Å². The molecule has 0 aliphatic rings. The molecule has 0 aromatic heterocycles. The van der Waals surface area contributed by atoms with Crippen molar-refractivity contribution in [3.63, 3.8) is 0 Å². The van der Waals surface area contributed by atoms with E-state index >= 15 is 0 Å². The normalized spacial score (nSPS) is 12.3. The number of aliphatic carboxylic acids is 1. The van der Waals surface area contributed by atoms with Crippen LogP contribution in [-0.4, -0.2) is 22.2 Å². The van der Waals surface area contributed by atoms with Gasteiger partial charge in [0.05, 0.1) is 5.92 Å². The van der Waals surface area contributed by atoms with Gasteiger partial charge in [-0.15, -0.1) is 0 Å². The Bertz CT molecular complexity index is 527. The number of halogens is 4. The number of hydrogen-bond donors (Lipinski definition) is 2. The minimum atomic E-state index is -2.16. The third-order valence-corrected chi connectivity index (χ3v) is 2.50. The number of benzene rings is 1. The second-order valence-corrected chi connectivity index (χ2v) is 3.86. The first-order valence-electron chi connectivity index (χ1n) is 4.99. The van der Waals surface area contributed by atoms with Crippen LogP contribution in [0.15, 0.2) is 0 Å². The molecule has 1 aromatic carbocycles. The fourth-order valence-electron chi connectivity index (χ4n) is 1.44. The van der Waals surface area contributed by atoms with Crippen LogP contribution in [0.5, 0.6) is 0 Å². The van der Waals surface area contributed by atoms with Gasteiger partial charge in [-0.25, -0.2) is 22.4 Å². The number of rotatable bonds is 4. The molecule has 0 amide bonds. The van der Waals surface area contributed by atoms with Gasteiger partial charge in [0.2, 0.25) is 0 Å². The van der Waals surface area contributed by atoms with Gasteiger partial charge in [0, 0.05) is 5.56 Å². The summed E-state index contributed by atoms with van der Waals surface area (Å²) in [5, 5.41) is 17.0. The van der Waals surface area contributed by atoms with Crippen LogP contribution in [0.3, 0.4) is 0 Å². The molecule has 0 saturated heterocycles. The van der Waals surface area contributed by atoms with Crippen molar-refractivity contribution in [2.24, 2.45) is 5.92 Å². The third kappa shape index (κ3) is 2.67. The van der Waals surface area contributed by atoms with E-state index in [9.17, 15) is 27.2 Å². The number of aromatic carboxylic acids is 1. The molecular formula is C11H8F4O4. The smallest absolute Gasteiger partial charge is 0.341 e. The molecule has 0 bridgehead atoms. The quantitative estimate of drug-likeness (QED) is 0.655. The zero-order valence-electron chi connectivity index (χ0n) is 9.51. The van der Waals surface area contributed by atoms with Gasteiger partial charge in [0.25, 0.3) is 0 Å². The highest BCUT2D eigenvalue weighted by atomic mass is 19.2. The zero-order valence-corrected chi connectivity index (χ0v) is 9.51. The fourth-order valence-corrected chi connectivity index (χ4v) is 1.44. The van der Waals surface area contributed by atoms with Crippen molar-refractivity contribution >= 4 is 11.9 Å². The first-order chi connectivity index (χ1) is 8.68. The van der Waals surface area contributed by atoms with E-state index in [-0.39, 0.29) is 0 Å². The Labute approximate surface area is 104 Å². The summed E-state index contributed by atoms with van der Waals surface area (Å²) in [6, 6.07) is 0. The lowest BCUT2D eigenvalue weighted by molar-refractivity contribution is -0.141. The molecule has 1 rings (SSSR count). The largest absolute Gasteiger partial charge is 0.481 e. The maximum absolute atomic E-state index is 13.4. The van der Waals surface area contributed by atoms with Crippen LogP contribution in [0, 0.1) is 29.2 Å². The van der Waals surface area contributed by atoms with Gasteiger partial charge >= 0.3 is 11.9 Å². The van der Waals surface area contributed by atoms with E-state index in [1.807, 2.05) is 0 Å². The molecule has 1 unspecified atom stereocenters. The monoisotopic (exact) mass is 280 g/mol. The van der Waals surface area contributed by atoms with Crippen LogP contribution in [0.4, 0.5) is 17.6 Å². The number of hydrogen-bond acceptors (Lipinski definition) is 2. The van der Waals surface area contributed by atoms with Gasteiger partial charge in [0.15, 0.2) is 23.3 Å². The molecule has 0 radical (unpaired) electrons. The molecule has 8 heteroatoms. The fraction of sp³-hybridized carbons (Fsp3) is 0.273. The molecule has 2 N–H and O–H groups in total. The van der Waals surface area contributed by atoms with E-state index in [4.69, 9.17) is 10.2 Å². The standard InChI is InChI=1S/C11H8F4O4/c1-3(10(16)17)2-4-6(12)8(14)5(11(18)19)9(15)7(4)13/h3H,2H2,1H3,(H,16,17)(H,18,19). The predicted octanol–water partition coefficient (Wildman–Crippen LogP) is 2.20. The Balaban J connectivity index is 3.44. The van der Waals surface area contributed by atoms with Crippen LogP contribution < -0.4 is 0 Å². The van der Waals surface area contributed by atoms with E-state index in [0.29, 0.717) is 0 Å². The molecule has 0 aliphatic heterocycles. The third-order valence-electron chi connectivity index (χ3n) is 2.50. The molecule has 0 aliphatic carbocycles. The van der Waals surface area contributed by atoms with Crippen molar-refractivity contribution < 1.29 is 37.4 Å². The highest BCUT2D eigenvalue weighted by Crippen LogP contribution is 2.26. The maximum Gasteiger partial charge on any atom is 0.341 e. The van der Waals surface area contributed by atoms with Crippen molar-refractivity contribution in [1.29, 1.82) is 0 Å². The van der Waals surface area contributed by atoms with Crippen LogP contribution in [0.2, 0.25) is 0 Å². The van der Waals surface area contributed by atoms with Crippen LogP contribution in [0.25, 0.3) is 0 Å². The van der Waals surface area contributed by atoms with Gasteiger partial charge in [0.1, 0.15) is 5.56 Å². The van der Waals surface area contributed by atoms with Crippen molar-refractivity contribution in [2.75, 3.05) is 0 Å². The van der Waals surface area contributed by atoms with Gasteiger partial charge in [-0.2, -0.15) is 0 Å². The van der Waals surface area contributed by atoms with Gasteiger partial charge in [-0.3, -0.25) is 4.79 Å². The van der Waals surface area contributed by atoms with Crippen LogP contribution in [-0.2, 0) is 11.2 Å². The molecule has 1 aromatic rings. The summed E-state index contributed by atoms with van der Waals surface area (Å²) in [6.07, 6.45) is -0.805. The van der Waals surface area contributed by atoms with Crippen molar-refractivity contribution in [2.45, 2.75) is 13.3 Å². The second kappa shape index (κ2) is 5.25. The Hall–Kier alpha value is -2.12. The van der Waals surface area contributed by atoms with Crippen LogP contribution >= 0.6 is 0 Å². The Morgan fingerprint density at radius 1 is 1.00 bits per heavy atom. The lowest BCUT2D eigenvalue weighted by Gasteiger charge is -2.11. The van der Waals surface area contributed by atoms with Gasteiger partial charge in [-0.05, 0) is 6.42 Å². The van der Waals surface area contributed by atoms with E-state index in [1.165, 1.54) is 0 Å². The summed E-state index contributed by atoms with van der Waals surface area (Å²) in [7, 11) is 0. The maximum atomic E-state index is 13.4. The topological polar surface area (TPSA) is 74.6 Å². The Morgan fingerprint density at radius 3 is 1.74 bits per heavy atom. The highest BCUT2D eigenvalue weighted by Gasteiger charge is 2.30. The SMILES string of the molecule is CC(Cc1c(F)c(F)c(C(=O)O)c(F)c1F)C(=O)O. The summed E-state index contributed by atoms with van der Waals surface area (Å²) in [5.74, 6) is -12.8. The number of carboxylic acid groups (broad SMARTS) is 2. The van der Waals surface area contributed by atoms with E-state index < -0.39 is 58.7 Å². The molecule has 0 saturated carbocycles. The summed E-state index contributed by atoms with van der Waals surface area (Å²) in [4.78, 5) is 21.0. The Kier molecular flexibility index (Phi) is 4.13. The first-order valence-corrected chi connectivity index (χ1v) is 4.99. The second-order valence-electron chi connectivity index (χ2n) is 3.86. The molecule has 19 heavy (non-hydrogen) atoms. The summed E-state index contributed by atoms with van der Waals surface area (Å²) >= 11 is 0. The average molecular weight is 280 g/mol. The van der Waals surface area contributed by atoms with Crippen molar-refractivity contribution in [1.82, 2.24) is 0 Å². The summed E-state index contributed by atoms with van der Waals surface area (Å²) in [6.45, 7) is 1.09. The lowest BCUT2D eigenvalue weighted by atomic mass is 9.98. The van der Waals surface area contributed by atoms with Gasteiger partial charge < -0.3 is 10.2 Å². The zero-order chi connectivity index (χ0) is 14.9. The molecule has 0 fully saturated rings. The number of carboxylic acids is 2. The molecular weight excluding hydrogens is 272 g/mol. The summed E-state index contributed by atoms with van der Waals surface area (Å²) in [5.41, 5.74) is -2.88. The molecule has 104 valence electrons. The molecule has 1 atom stereocenters. The van der Waals surface area contributed by atoms with E-state index in [1.54, 1.807) is 0 Å². The molecule has 4 nitrogen and oxygen atoms in total. The average Bonchev–Trinajstić information content (AvgIpc) is 2.31. The van der Waals surface area contributed by atoms with E-state index in [0.717, 1.165) is 6.92 Å². The predicted molar refractivity (Wildman–Crippen MR) is 53.7 cm³/mol. The number of carbonyl (C=O) groups is 2. The van der Waals surface area contributed by atoms with Gasteiger partial charge in [-0.1, -0.05) is 6.92 Å². The first kappa shape index (κ1) is 14.9. The highest BCUT2D eigenvalue weighted by molar-refractivity contribution is 5.88. The lowest BCUT2D eigenvalue weighted by Crippen LogP contribution is -2.18. The molecule has 0 spiro atoms. The minimum absolute atomic E-state index is 0.805. The Morgan fingerprint density at radius 2 is 1.42 bits per heavy atom. The molecule has 0 heterocycles. The van der Waals surface area contributed by atoms with Crippen molar-refractivity contribution in [3.8, 4) is 0 Å².